The van der Waals surface area contributed by atoms with E-state index in [0.29, 0.717) is 10.9 Å². The third-order valence-electron chi connectivity index (χ3n) is 2.66. The monoisotopic (exact) mass is 355 g/mol. The molecular weight excluding hydrogens is 342 g/mol. The summed E-state index contributed by atoms with van der Waals surface area (Å²) in [6, 6.07) is 10.3. The minimum Gasteiger partial charge on any atom is -0.398 e. The summed E-state index contributed by atoms with van der Waals surface area (Å²) >= 11 is 3.24. The van der Waals surface area contributed by atoms with E-state index in [1.807, 2.05) is 18.2 Å². The van der Waals surface area contributed by atoms with E-state index in [1.54, 1.807) is 18.3 Å². The van der Waals surface area contributed by atoms with Crippen molar-refractivity contribution in [3.05, 3.63) is 52.8 Å². The first kappa shape index (κ1) is 15.0. The number of sulfonamides is 1. The lowest BCUT2D eigenvalue weighted by Gasteiger charge is -2.09. The fraction of sp³-hybridized carbons (Fsp3) is 0.154. The van der Waals surface area contributed by atoms with E-state index in [0.717, 1.165) is 5.69 Å². The Morgan fingerprint density at radius 1 is 1.25 bits per heavy atom. The van der Waals surface area contributed by atoms with Gasteiger partial charge in [0.25, 0.3) is 0 Å². The van der Waals surface area contributed by atoms with Crippen molar-refractivity contribution in [2.45, 2.75) is 11.3 Å². The third kappa shape index (κ3) is 3.78. The van der Waals surface area contributed by atoms with E-state index in [-0.39, 0.29) is 17.1 Å². The predicted octanol–water partition coefficient (Wildman–Crippen LogP) is 1.95. The predicted molar refractivity (Wildman–Crippen MR) is 81.7 cm³/mol. The molecule has 0 radical (unpaired) electrons. The van der Waals surface area contributed by atoms with E-state index in [4.69, 9.17) is 5.73 Å². The fourth-order valence-electron chi connectivity index (χ4n) is 1.68. The molecule has 1 aromatic carbocycles. The number of halogens is 1. The molecule has 2 rings (SSSR count). The lowest BCUT2D eigenvalue weighted by Crippen LogP contribution is -2.27. The second-order valence-corrected chi connectivity index (χ2v) is 6.80. The molecule has 5 nitrogen and oxygen atoms in total. The minimum atomic E-state index is -3.62. The first-order valence-electron chi connectivity index (χ1n) is 5.93. The number of aromatic nitrogens is 1. The molecule has 0 saturated carbocycles. The Labute approximate surface area is 126 Å². The lowest BCUT2D eigenvalue weighted by molar-refractivity contribution is 0.581. The molecule has 0 spiro atoms. The molecule has 0 saturated heterocycles. The van der Waals surface area contributed by atoms with Crippen LogP contribution in [0.3, 0.4) is 0 Å². The van der Waals surface area contributed by atoms with Crippen LogP contribution in [0.1, 0.15) is 5.69 Å². The molecule has 0 atom stereocenters. The maximum absolute atomic E-state index is 12.2. The smallest absolute Gasteiger partial charge is 0.242 e. The Morgan fingerprint density at radius 3 is 2.75 bits per heavy atom. The van der Waals surface area contributed by atoms with Gasteiger partial charge in [0.05, 0.1) is 5.69 Å². The highest BCUT2D eigenvalue weighted by Gasteiger charge is 2.17. The third-order valence-corrected chi connectivity index (χ3v) is 4.67. The molecule has 7 heteroatoms. The number of hydrogen-bond acceptors (Lipinski definition) is 4. The number of pyridine rings is 1. The summed E-state index contributed by atoms with van der Waals surface area (Å²) in [5.41, 5.74) is 6.76. The van der Waals surface area contributed by atoms with Gasteiger partial charge < -0.3 is 5.73 Å². The normalized spacial score (nSPS) is 11.4. The molecule has 106 valence electrons. The van der Waals surface area contributed by atoms with Crippen molar-refractivity contribution in [1.82, 2.24) is 9.71 Å². The zero-order valence-corrected chi connectivity index (χ0v) is 13.0. The maximum Gasteiger partial charge on any atom is 0.242 e. The van der Waals surface area contributed by atoms with Gasteiger partial charge in [-0.3, -0.25) is 4.98 Å². The molecule has 0 fully saturated rings. The maximum atomic E-state index is 12.2. The van der Waals surface area contributed by atoms with E-state index < -0.39 is 10.0 Å². The van der Waals surface area contributed by atoms with E-state index in [2.05, 4.69) is 25.6 Å². The van der Waals surface area contributed by atoms with Crippen LogP contribution in [0.2, 0.25) is 0 Å². The van der Waals surface area contributed by atoms with Crippen LogP contribution in [-0.2, 0) is 16.4 Å². The highest BCUT2D eigenvalue weighted by atomic mass is 79.9. The van der Waals surface area contributed by atoms with Crippen LogP contribution in [0.5, 0.6) is 0 Å². The number of nitrogens with one attached hydrogen (secondary N) is 1. The zero-order valence-electron chi connectivity index (χ0n) is 10.6. The van der Waals surface area contributed by atoms with E-state index in [1.165, 1.54) is 6.07 Å². The van der Waals surface area contributed by atoms with Crippen LogP contribution in [-0.4, -0.2) is 19.9 Å². The van der Waals surface area contributed by atoms with Gasteiger partial charge in [-0.15, -0.1) is 0 Å². The number of nitrogens with zero attached hydrogens (tertiary/aromatic N) is 1. The minimum absolute atomic E-state index is 0.0768. The van der Waals surface area contributed by atoms with Gasteiger partial charge in [-0.05, 0) is 30.3 Å². The molecule has 3 N–H and O–H groups in total. The van der Waals surface area contributed by atoms with Crippen molar-refractivity contribution in [2.24, 2.45) is 0 Å². The second-order valence-electron chi connectivity index (χ2n) is 4.15. The Kier molecular flexibility index (Phi) is 4.74. The highest BCUT2D eigenvalue weighted by Crippen LogP contribution is 2.22. The molecule has 1 aromatic heterocycles. The summed E-state index contributed by atoms with van der Waals surface area (Å²) in [4.78, 5) is 4.21. The Hall–Kier alpha value is -1.44. The SMILES string of the molecule is Nc1ccc(Br)cc1S(=O)(=O)NCCc1ccccn1. The standard InChI is InChI=1S/C13H14BrN3O2S/c14-10-4-5-12(15)13(9-10)20(18,19)17-8-6-11-3-1-2-7-16-11/h1-5,7,9,17H,6,8,15H2. The van der Waals surface area contributed by atoms with Crippen LogP contribution in [0.4, 0.5) is 5.69 Å². The van der Waals surface area contributed by atoms with Gasteiger partial charge in [-0.2, -0.15) is 0 Å². The molecule has 0 aliphatic rings. The fourth-order valence-corrected chi connectivity index (χ4v) is 3.38. The van der Waals surface area contributed by atoms with Crippen molar-refractivity contribution < 1.29 is 8.42 Å². The molecule has 0 amide bonds. The highest BCUT2D eigenvalue weighted by molar-refractivity contribution is 9.10. The molecule has 0 aliphatic carbocycles. The quantitative estimate of drug-likeness (QED) is 0.802. The number of benzene rings is 1. The average molecular weight is 356 g/mol. The molecule has 0 bridgehead atoms. The van der Waals surface area contributed by atoms with Gasteiger partial charge in [0.15, 0.2) is 0 Å². The van der Waals surface area contributed by atoms with Gasteiger partial charge in [0.1, 0.15) is 4.90 Å². The topological polar surface area (TPSA) is 85.1 Å². The molecular formula is C13H14BrN3O2S. The molecule has 0 aliphatic heterocycles. The molecule has 2 aromatic rings. The first-order valence-corrected chi connectivity index (χ1v) is 8.21. The largest absolute Gasteiger partial charge is 0.398 e. The summed E-state index contributed by atoms with van der Waals surface area (Å²) in [6.07, 6.45) is 2.20. The summed E-state index contributed by atoms with van der Waals surface area (Å²) < 4.78 is 27.5. The summed E-state index contributed by atoms with van der Waals surface area (Å²) in [6.45, 7) is 0.269. The van der Waals surface area contributed by atoms with Gasteiger partial charge in [-0.25, -0.2) is 13.1 Å². The second kappa shape index (κ2) is 6.34. The Morgan fingerprint density at radius 2 is 2.05 bits per heavy atom. The summed E-state index contributed by atoms with van der Waals surface area (Å²) in [5, 5.41) is 0. The van der Waals surface area contributed by atoms with Crippen molar-refractivity contribution in [3.63, 3.8) is 0 Å². The van der Waals surface area contributed by atoms with Crippen molar-refractivity contribution >= 4 is 31.6 Å². The van der Waals surface area contributed by atoms with Crippen LogP contribution in [0, 0.1) is 0 Å². The van der Waals surface area contributed by atoms with Gasteiger partial charge in [0, 0.05) is 29.3 Å². The van der Waals surface area contributed by atoms with Crippen molar-refractivity contribution in [2.75, 3.05) is 12.3 Å². The van der Waals surface area contributed by atoms with Gasteiger partial charge in [0.2, 0.25) is 10.0 Å². The first-order chi connectivity index (χ1) is 9.49. The van der Waals surface area contributed by atoms with Gasteiger partial charge >= 0.3 is 0 Å². The Bertz CT molecular complexity index is 690. The van der Waals surface area contributed by atoms with Crippen molar-refractivity contribution in [1.29, 1.82) is 0 Å². The lowest BCUT2D eigenvalue weighted by atomic mass is 10.3. The zero-order chi connectivity index (χ0) is 14.6. The number of rotatable bonds is 5. The van der Waals surface area contributed by atoms with Crippen LogP contribution >= 0.6 is 15.9 Å². The van der Waals surface area contributed by atoms with Crippen molar-refractivity contribution in [3.8, 4) is 0 Å². The van der Waals surface area contributed by atoms with E-state index in [9.17, 15) is 8.42 Å². The number of nitrogens with two attached hydrogens (primary N) is 1. The molecule has 0 unspecified atom stereocenters. The summed E-state index contributed by atoms with van der Waals surface area (Å²) in [7, 11) is -3.62. The Balaban J connectivity index is 2.06. The molecule has 20 heavy (non-hydrogen) atoms. The average Bonchev–Trinajstić information content (AvgIpc) is 2.42. The van der Waals surface area contributed by atoms with Crippen LogP contribution in [0.15, 0.2) is 52.0 Å². The number of hydrogen-bond donors (Lipinski definition) is 2. The summed E-state index contributed by atoms with van der Waals surface area (Å²) in [5.74, 6) is 0. The number of anilines is 1. The molecule has 1 heterocycles. The van der Waals surface area contributed by atoms with Gasteiger partial charge in [-0.1, -0.05) is 22.0 Å². The number of nitrogen functional groups attached to an aromatic ring is 1. The van der Waals surface area contributed by atoms with Crippen LogP contribution in [0.25, 0.3) is 0 Å². The van der Waals surface area contributed by atoms with E-state index >= 15 is 0 Å². The van der Waals surface area contributed by atoms with Crippen LogP contribution < -0.4 is 10.5 Å².